The van der Waals surface area contributed by atoms with E-state index in [0.29, 0.717) is 15.2 Å². The topological polar surface area (TPSA) is 52.8 Å². The fourth-order valence-corrected chi connectivity index (χ4v) is 4.72. The maximum atomic E-state index is 13.0. The van der Waals surface area contributed by atoms with Crippen molar-refractivity contribution < 1.29 is 9.47 Å². The molecule has 3 heterocycles. The van der Waals surface area contributed by atoms with Crippen LogP contribution in [0.1, 0.15) is 16.7 Å². The van der Waals surface area contributed by atoms with Crippen molar-refractivity contribution in [1.82, 2.24) is 9.38 Å². The van der Waals surface area contributed by atoms with E-state index in [4.69, 9.17) is 9.47 Å². The highest BCUT2D eigenvalue weighted by molar-refractivity contribution is 9.10. The monoisotopic (exact) mass is 428 g/mol. The van der Waals surface area contributed by atoms with Crippen LogP contribution in [0, 0.1) is 13.8 Å². The fourth-order valence-electron chi connectivity index (χ4n) is 3.13. The molecule has 5 rings (SSSR count). The average molecular weight is 429 g/mol. The molecule has 0 bridgehead atoms. The molecule has 2 aromatic heterocycles. The van der Waals surface area contributed by atoms with E-state index in [9.17, 15) is 4.79 Å². The first-order chi connectivity index (χ1) is 12.5. The second-order valence-corrected chi connectivity index (χ2v) is 8.06. The number of hydrogen-bond donors (Lipinski definition) is 0. The zero-order valence-corrected chi connectivity index (χ0v) is 16.4. The molecule has 2 aromatic carbocycles. The summed E-state index contributed by atoms with van der Waals surface area (Å²) in [5, 5.41) is 0. The van der Waals surface area contributed by atoms with Gasteiger partial charge in [0.25, 0.3) is 5.56 Å². The fraction of sp³-hybridized carbons (Fsp3) is 0.158. The van der Waals surface area contributed by atoms with Crippen molar-refractivity contribution in [2.45, 2.75) is 13.8 Å². The summed E-state index contributed by atoms with van der Waals surface area (Å²) in [6.45, 7) is 4.32. The third-order valence-corrected chi connectivity index (χ3v) is 6.61. The van der Waals surface area contributed by atoms with Crippen LogP contribution in [0.15, 0.2) is 33.5 Å². The lowest BCUT2D eigenvalue weighted by Crippen LogP contribution is -2.22. The van der Waals surface area contributed by atoms with Crippen molar-refractivity contribution in [2.75, 3.05) is 6.79 Å². The number of hydrogen-bond acceptors (Lipinski definition) is 5. The average Bonchev–Trinajstić information content (AvgIpc) is 3.29. The van der Waals surface area contributed by atoms with Gasteiger partial charge in [0.05, 0.1) is 10.0 Å². The highest BCUT2D eigenvalue weighted by Crippen LogP contribution is 2.33. The molecule has 26 heavy (non-hydrogen) atoms. The summed E-state index contributed by atoms with van der Waals surface area (Å²) in [4.78, 5) is 18.3. The van der Waals surface area contributed by atoms with Crippen molar-refractivity contribution in [1.29, 1.82) is 0 Å². The van der Waals surface area contributed by atoms with Gasteiger partial charge in [-0.15, -0.1) is 0 Å². The van der Waals surface area contributed by atoms with E-state index in [0.717, 1.165) is 37.9 Å². The third-order valence-electron chi connectivity index (χ3n) is 4.67. The van der Waals surface area contributed by atoms with E-state index in [1.54, 1.807) is 4.40 Å². The number of aromatic nitrogens is 2. The first kappa shape index (κ1) is 15.8. The summed E-state index contributed by atoms with van der Waals surface area (Å²) in [7, 11) is 0. The van der Waals surface area contributed by atoms with E-state index in [1.165, 1.54) is 11.3 Å². The van der Waals surface area contributed by atoms with E-state index in [2.05, 4.69) is 20.9 Å². The number of imidazole rings is 1. The van der Waals surface area contributed by atoms with Gasteiger partial charge in [0, 0.05) is 4.47 Å². The first-order valence-corrected chi connectivity index (χ1v) is 9.66. The lowest BCUT2D eigenvalue weighted by molar-refractivity contribution is 0.174. The Bertz CT molecular complexity index is 1320. The molecule has 7 heteroatoms. The van der Waals surface area contributed by atoms with Crippen molar-refractivity contribution in [2.24, 2.45) is 0 Å². The number of nitrogens with zero attached hydrogens (tertiary/aromatic N) is 2. The van der Waals surface area contributed by atoms with Gasteiger partial charge in [-0.2, -0.15) is 0 Å². The van der Waals surface area contributed by atoms with Gasteiger partial charge < -0.3 is 9.47 Å². The second-order valence-electron chi connectivity index (χ2n) is 6.26. The lowest BCUT2D eigenvalue weighted by Gasteiger charge is -2.03. The smallest absolute Gasteiger partial charge is 0.274 e. The van der Waals surface area contributed by atoms with Crippen LogP contribution in [-0.2, 0) is 0 Å². The van der Waals surface area contributed by atoms with Crippen LogP contribution in [0.2, 0.25) is 0 Å². The van der Waals surface area contributed by atoms with Crippen molar-refractivity contribution in [3.8, 4) is 11.5 Å². The SMILES string of the molecule is Cc1cc2c(nc3s/c(=C\c4ccc5c(c4)OCO5)c(=O)n32)c(Br)c1C. The summed E-state index contributed by atoms with van der Waals surface area (Å²) >= 11 is 5.00. The molecule has 0 fully saturated rings. The Kier molecular flexibility index (Phi) is 3.39. The number of aryl methyl sites for hydroxylation is 1. The van der Waals surface area contributed by atoms with Crippen molar-refractivity contribution >= 4 is 49.3 Å². The van der Waals surface area contributed by atoms with Gasteiger partial charge in [-0.05, 0) is 70.7 Å². The van der Waals surface area contributed by atoms with E-state index < -0.39 is 0 Å². The van der Waals surface area contributed by atoms with Gasteiger partial charge in [0.2, 0.25) is 6.79 Å². The largest absolute Gasteiger partial charge is 0.454 e. The minimum Gasteiger partial charge on any atom is -0.454 e. The molecule has 0 aliphatic carbocycles. The van der Waals surface area contributed by atoms with Crippen LogP contribution in [0.3, 0.4) is 0 Å². The summed E-state index contributed by atoms with van der Waals surface area (Å²) in [5.41, 5.74) is 4.77. The molecule has 0 N–H and O–H groups in total. The summed E-state index contributed by atoms with van der Waals surface area (Å²) in [5.74, 6) is 1.43. The Morgan fingerprint density at radius 1 is 1.23 bits per heavy atom. The van der Waals surface area contributed by atoms with Crippen LogP contribution >= 0.6 is 27.3 Å². The van der Waals surface area contributed by atoms with Crippen LogP contribution in [0.5, 0.6) is 11.5 Å². The molecule has 0 saturated heterocycles. The summed E-state index contributed by atoms with van der Waals surface area (Å²) < 4.78 is 14.0. The number of benzene rings is 2. The van der Waals surface area contributed by atoms with Crippen LogP contribution < -0.4 is 19.6 Å². The molecule has 0 spiro atoms. The van der Waals surface area contributed by atoms with Crippen molar-refractivity contribution in [3.05, 3.63) is 60.3 Å². The maximum Gasteiger partial charge on any atom is 0.274 e. The zero-order chi connectivity index (χ0) is 18.0. The number of halogens is 1. The first-order valence-electron chi connectivity index (χ1n) is 8.05. The van der Waals surface area contributed by atoms with Gasteiger partial charge in [-0.3, -0.25) is 4.79 Å². The summed E-state index contributed by atoms with van der Waals surface area (Å²) in [6.07, 6.45) is 1.87. The van der Waals surface area contributed by atoms with Crippen molar-refractivity contribution in [3.63, 3.8) is 0 Å². The van der Waals surface area contributed by atoms with E-state index >= 15 is 0 Å². The van der Waals surface area contributed by atoms with Gasteiger partial charge in [0.15, 0.2) is 16.5 Å². The lowest BCUT2D eigenvalue weighted by atomic mass is 10.1. The zero-order valence-electron chi connectivity index (χ0n) is 14.0. The maximum absolute atomic E-state index is 13.0. The molecule has 5 nitrogen and oxygen atoms in total. The molecule has 0 saturated carbocycles. The van der Waals surface area contributed by atoms with Crippen LogP contribution in [-0.4, -0.2) is 16.2 Å². The minimum atomic E-state index is -0.0553. The third kappa shape index (κ3) is 2.20. The van der Waals surface area contributed by atoms with E-state index in [-0.39, 0.29) is 12.4 Å². The Labute approximate surface area is 160 Å². The molecular weight excluding hydrogens is 416 g/mol. The van der Waals surface area contributed by atoms with Gasteiger partial charge in [-0.1, -0.05) is 17.4 Å². The molecule has 0 unspecified atom stereocenters. The van der Waals surface area contributed by atoms with Gasteiger partial charge >= 0.3 is 0 Å². The van der Waals surface area contributed by atoms with Crippen LogP contribution in [0.25, 0.3) is 22.1 Å². The molecule has 4 aromatic rings. The highest BCUT2D eigenvalue weighted by atomic mass is 79.9. The number of rotatable bonds is 1. The van der Waals surface area contributed by atoms with Gasteiger partial charge in [-0.25, -0.2) is 9.38 Å². The van der Waals surface area contributed by atoms with Gasteiger partial charge in [0.1, 0.15) is 5.52 Å². The predicted octanol–water partition coefficient (Wildman–Crippen LogP) is 3.56. The molecule has 0 radical (unpaired) electrons. The second kappa shape index (κ2) is 5.56. The predicted molar refractivity (Wildman–Crippen MR) is 105 cm³/mol. The highest BCUT2D eigenvalue weighted by Gasteiger charge is 2.16. The number of ether oxygens (including phenoxy) is 2. The number of fused-ring (bicyclic) bond motifs is 4. The minimum absolute atomic E-state index is 0.0553. The molecule has 0 atom stereocenters. The molecule has 0 amide bonds. The molecule has 1 aliphatic rings. The van der Waals surface area contributed by atoms with Crippen LogP contribution in [0.4, 0.5) is 0 Å². The Morgan fingerprint density at radius 2 is 2.04 bits per heavy atom. The standard InChI is InChI=1S/C19H13BrN2O3S/c1-9-5-12-17(16(20)10(9)2)21-19-22(12)18(23)15(26-19)7-11-3-4-13-14(6-11)25-8-24-13/h3-7H,8H2,1-2H3/b15-7-. The quantitative estimate of drug-likeness (QED) is 0.465. The molecular formula is C19H13BrN2O3S. The Hall–Kier alpha value is -2.38. The van der Waals surface area contributed by atoms with E-state index in [1.807, 2.05) is 44.2 Å². The number of thiazole rings is 1. The summed E-state index contributed by atoms with van der Waals surface area (Å²) in [6, 6.07) is 7.67. The Morgan fingerprint density at radius 3 is 2.88 bits per heavy atom. The normalized spacial score (nSPS) is 14.0. The molecule has 130 valence electrons. The molecule has 1 aliphatic heterocycles. The Balaban J connectivity index is 1.75.